The Balaban J connectivity index is 1.76. The summed E-state index contributed by atoms with van der Waals surface area (Å²) in [4.78, 5) is 12.5. The summed E-state index contributed by atoms with van der Waals surface area (Å²) in [6, 6.07) is 6.94. The molecule has 2 heterocycles. The zero-order valence-electron chi connectivity index (χ0n) is 16.1. The first kappa shape index (κ1) is 20.3. The third-order valence-electron chi connectivity index (χ3n) is 4.55. The van der Waals surface area contributed by atoms with Crippen molar-refractivity contribution in [1.29, 1.82) is 0 Å². The number of morpholine rings is 1. The molecule has 0 saturated carbocycles. The van der Waals surface area contributed by atoms with E-state index in [1.807, 2.05) is 0 Å². The monoisotopic (exact) mass is 408 g/mol. The van der Waals surface area contributed by atoms with Gasteiger partial charge in [-0.15, -0.1) is 0 Å². The van der Waals surface area contributed by atoms with E-state index in [9.17, 15) is 13.2 Å². The van der Waals surface area contributed by atoms with Crippen LogP contribution in [0.15, 0.2) is 29.2 Å². The largest absolute Gasteiger partial charge is 0.497 e. The molecule has 3 rings (SSSR count). The Morgan fingerprint density at radius 2 is 1.86 bits per heavy atom. The third kappa shape index (κ3) is 4.18. The fourth-order valence-corrected chi connectivity index (χ4v) is 4.92. The molecule has 152 valence electrons. The quantitative estimate of drug-likeness (QED) is 0.770. The molecular weight excluding hydrogens is 384 g/mol. The zero-order chi connectivity index (χ0) is 20.3. The SMILES string of the molecule is COc1ccc(NC(=O)Cn2nc(C)c(S(=O)(=O)N3CCOCC3)c2C)cc1. The second-order valence-electron chi connectivity index (χ2n) is 6.45. The number of anilines is 1. The number of rotatable bonds is 6. The maximum atomic E-state index is 13.0. The highest BCUT2D eigenvalue weighted by molar-refractivity contribution is 7.89. The number of nitrogens with one attached hydrogen (secondary N) is 1. The number of nitrogens with zero attached hydrogens (tertiary/aromatic N) is 3. The van der Waals surface area contributed by atoms with Gasteiger partial charge in [0.25, 0.3) is 0 Å². The molecule has 1 aromatic heterocycles. The van der Waals surface area contributed by atoms with Crippen LogP contribution in [-0.4, -0.2) is 61.8 Å². The third-order valence-corrected chi connectivity index (χ3v) is 6.70. The van der Waals surface area contributed by atoms with Gasteiger partial charge in [0.15, 0.2) is 0 Å². The summed E-state index contributed by atoms with van der Waals surface area (Å²) >= 11 is 0. The molecule has 0 unspecified atom stereocenters. The molecule has 0 atom stereocenters. The Morgan fingerprint density at radius 1 is 1.21 bits per heavy atom. The predicted octanol–water partition coefficient (Wildman–Crippen LogP) is 1.17. The molecule has 1 aliphatic rings. The summed E-state index contributed by atoms with van der Waals surface area (Å²) in [5.74, 6) is 0.389. The standard InChI is InChI=1S/C18H24N4O5S/c1-13-18(28(24,25)21-8-10-27-11-9-21)14(2)22(20-13)12-17(23)19-15-4-6-16(26-3)7-5-15/h4-7H,8-12H2,1-3H3,(H,19,23). The highest BCUT2D eigenvalue weighted by Crippen LogP contribution is 2.24. The molecule has 1 aliphatic heterocycles. The number of hydrogen-bond acceptors (Lipinski definition) is 6. The van der Waals surface area contributed by atoms with Gasteiger partial charge in [-0.3, -0.25) is 9.48 Å². The fraction of sp³-hybridized carbons (Fsp3) is 0.444. The molecule has 1 saturated heterocycles. The van der Waals surface area contributed by atoms with Gasteiger partial charge < -0.3 is 14.8 Å². The van der Waals surface area contributed by atoms with Gasteiger partial charge in [0.05, 0.1) is 31.7 Å². The van der Waals surface area contributed by atoms with Crippen LogP contribution in [0.5, 0.6) is 5.75 Å². The first-order valence-electron chi connectivity index (χ1n) is 8.88. The maximum Gasteiger partial charge on any atom is 0.246 e. The Morgan fingerprint density at radius 3 is 2.46 bits per heavy atom. The first-order chi connectivity index (χ1) is 13.3. The number of hydrogen-bond donors (Lipinski definition) is 1. The molecular formula is C18H24N4O5S. The molecule has 0 aliphatic carbocycles. The molecule has 1 amide bonds. The van der Waals surface area contributed by atoms with Crippen molar-refractivity contribution < 1.29 is 22.7 Å². The van der Waals surface area contributed by atoms with E-state index < -0.39 is 10.0 Å². The van der Waals surface area contributed by atoms with Gasteiger partial charge in [-0.25, -0.2) is 8.42 Å². The normalized spacial score (nSPS) is 15.4. The number of benzene rings is 1. The summed E-state index contributed by atoms with van der Waals surface area (Å²) in [6.07, 6.45) is 0. The Bertz CT molecular complexity index is 947. The van der Waals surface area contributed by atoms with Crippen molar-refractivity contribution in [3.63, 3.8) is 0 Å². The van der Waals surface area contributed by atoms with Crippen molar-refractivity contribution >= 4 is 21.6 Å². The lowest BCUT2D eigenvalue weighted by Gasteiger charge is -2.26. The summed E-state index contributed by atoms with van der Waals surface area (Å²) in [5.41, 5.74) is 1.43. The van der Waals surface area contributed by atoms with Crippen molar-refractivity contribution in [2.45, 2.75) is 25.3 Å². The van der Waals surface area contributed by atoms with Gasteiger partial charge >= 0.3 is 0 Å². The van der Waals surface area contributed by atoms with Gasteiger partial charge in [-0.05, 0) is 38.1 Å². The molecule has 28 heavy (non-hydrogen) atoms. The van der Waals surface area contributed by atoms with Gasteiger partial charge in [0, 0.05) is 18.8 Å². The topological polar surface area (TPSA) is 103 Å². The second kappa shape index (κ2) is 8.29. The van der Waals surface area contributed by atoms with Gasteiger partial charge in [-0.1, -0.05) is 0 Å². The number of carbonyl (C=O) groups is 1. The van der Waals surface area contributed by atoms with Crippen molar-refractivity contribution in [3.05, 3.63) is 35.7 Å². The molecule has 10 heteroatoms. The number of aromatic nitrogens is 2. The molecule has 0 bridgehead atoms. The lowest BCUT2D eigenvalue weighted by Crippen LogP contribution is -2.41. The molecule has 0 radical (unpaired) electrons. The summed E-state index contributed by atoms with van der Waals surface area (Å²) in [7, 11) is -2.11. The molecule has 9 nitrogen and oxygen atoms in total. The van der Waals surface area contributed by atoms with Gasteiger partial charge in [0.2, 0.25) is 15.9 Å². The van der Waals surface area contributed by atoms with E-state index in [0.29, 0.717) is 49.1 Å². The number of carbonyl (C=O) groups excluding carboxylic acids is 1. The Hall–Kier alpha value is -2.43. The summed E-state index contributed by atoms with van der Waals surface area (Å²) < 4.78 is 39.1. The van der Waals surface area contributed by atoms with Crippen LogP contribution in [0.3, 0.4) is 0 Å². The van der Waals surface area contributed by atoms with Gasteiger partial charge in [-0.2, -0.15) is 9.40 Å². The van der Waals surface area contributed by atoms with E-state index >= 15 is 0 Å². The van der Waals surface area contributed by atoms with Crippen molar-refractivity contribution in [1.82, 2.24) is 14.1 Å². The fourth-order valence-electron chi connectivity index (χ4n) is 3.13. The van der Waals surface area contributed by atoms with E-state index in [2.05, 4.69) is 10.4 Å². The molecule has 2 aromatic rings. The van der Waals surface area contributed by atoms with Crippen molar-refractivity contribution in [3.8, 4) is 5.75 Å². The van der Waals surface area contributed by atoms with Crippen molar-refractivity contribution in [2.24, 2.45) is 0 Å². The lowest BCUT2D eigenvalue weighted by molar-refractivity contribution is -0.116. The number of sulfonamides is 1. The number of aryl methyl sites for hydroxylation is 1. The van der Waals surface area contributed by atoms with Crippen LogP contribution >= 0.6 is 0 Å². The van der Waals surface area contributed by atoms with E-state index in [0.717, 1.165) is 0 Å². The average Bonchev–Trinajstić information content (AvgIpc) is 2.96. The van der Waals surface area contributed by atoms with E-state index in [4.69, 9.17) is 9.47 Å². The highest BCUT2D eigenvalue weighted by atomic mass is 32.2. The zero-order valence-corrected chi connectivity index (χ0v) is 17.0. The molecule has 1 N–H and O–H groups in total. The number of methoxy groups -OCH3 is 1. The summed E-state index contributed by atoms with van der Waals surface area (Å²) in [5, 5.41) is 7.05. The number of amides is 1. The van der Waals surface area contributed by atoms with E-state index in [1.54, 1.807) is 45.2 Å². The van der Waals surface area contributed by atoms with E-state index in [-0.39, 0.29) is 17.3 Å². The second-order valence-corrected chi connectivity index (χ2v) is 8.33. The van der Waals surface area contributed by atoms with Gasteiger partial charge in [0.1, 0.15) is 17.2 Å². The highest BCUT2D eigenvalue weighted by Gasteiger charge is 2.32. The minimum atomic E-state index is -3.68. The minimum absolute atomic E-state index is 0.0860. The van der Waals surface area contributed by atoms with Crippen LogP contribution in [0.4, 0.5) is 5.69 Å². The smallest absolute Gasteiger partial charge is 0.246 e. The summed E-state index contributed by atoms with van der Waals surface area (Å²) in [6.45, 7) is 4.57. The van der Waals surface area contributed by atoms with Crippen LogP contribution in [0.1, 0.15) is 11.4 Å². The predicted molar refractivity (Wildman–Crippen MR) is 103 cm³/mol. The molecule has 0 spiro atoms. The van der Waals surface area contributed by atoms with Crippen LogP contribution < -0.4 is 10.1 Å². The van der Waals surface area contributed by atoms with Crippen LogP contribution in [-0.2, 0) is 26.1 Å². The van der Waals surface area contributed by atoms with Crippen LogP contribution in [0, 0.1) is 13.8 Å². The lowest BCUT2D eigenvalue weighted by atomic mass is 10.3. The average molecular weight is 408 g/mol. The molecule has 1 fully saturated rings. The van der Waals surface area contributed by atoms with Crippen LogP contribution in [0.25, 0.3) is 0 Å². The van der Waals surface area contributed by atoms with E-state index in [1.165, 1.54) is 8.99 Å². The molecule has 1 aromatic carbocycles. The minimum Gasteiger partial charge on any atom is -0.497 e. The Labute approximate surface area is 164 Å². The first-order valence-corrected chi connectivity index (χ1v) is 10.3. The number of ether oxygens (including phenoxy) is 2. The maximum absolute atomic E-state index is 13.0. The van der Waals surface area contributed by atoms with Crippen molar-refractivity contribution in [2.75, 3.05) is 38.7 Å². The Kier molecular flexibility index (Phi) is 6.01. The van der Waals surface area contributed by atoms with Crippen LogP contribution in [0.2, 0.25) is 0 Å².